The molecule has 0 spiro atoms. The summed E-state index contributed by atoms with van der Waals surface area (Å²) in [5.74, 6) is 0.446. The molecule has 7 nitrogen and oxygen atoms in total. The zero-order chi connectivity index (χ0) is 25.0. The number of hydrogen-bond acceptors (Lipinski definition) is 4. The van der Waals surface area contributed by atoms with Gasteiger partial charge in [0.1, 0.15) is 11.8 Å². The number of carbonyl (C=O) groups is 2. The van der Waals surface area contributed by atoms with Crippen LogP contribution in [-0.2, 0) is 9.59 Å². The Bertz CT molecular complexity index is 1200. The second kappa shape index (κ2) is 10.7. The molecular formula is C26H31ClN4O3. The third-order valence-corrected chi connectivity index (χ3v) is 5.76. The highest BCUT2D eigenvalue weighted by molar-refractivity contribution is 6.34. The largest absolute Gasteiger partial charge is 0.483 e. The number of ether oxygens (including phenoxy) is 1. The van der Waals surface area contributed by atoms with E-state index in [4.69, 9.17) is 16.3 Å². The Morgan fingerprint density at radius 3 is 2.38 bits per heavy atom. The van der Waals surface area contributed by atoms with Gasteiger partial charge in [0.2, 0.25) is 5.91 Å². The molecule has 3 aromatic rings. The molecule has 2 N–H and O–H groups in total. The van der Waals surface area contributed by atoms with Gasteiger partial charge in [-0.1, -0.05) is 37.6 Å². The Kier molecular flexibility index (Phi) is 7.99. The van der Waals surface area contributed by atoms with Crippen molar-refractivity contribution < 1.29 is 14.3 Å². The van der Waals surface area contributed by atoms with Crippen LogP contribution in [0.25, 0.3) is 0 Å². The molecular weight excluding hydrogens is 452 g/mol. The fourth-order valence-electron chi connectivity index (χ4n) is 3.66. The van der Waals surface area contributed by atoms with E-state index in [9.17, 15) is 9.59 Å². The average Bonchev–Trinajstić information content (AvgIpc) is 3.11. The Morgan fingerprint density at radius 1 is 1.03 bits per heavy atom. The molecule has 0 saturated heterocycles. The summed E-state index contributed by atoms with van der Waals surface area (Å²) < 4.78 is 7.46. The molecule has 0 aliphatic carbocycles. The van der Waals surface area contributed by atoms with Gasteiger partial charge >= 0.3 is 0 Å². The number of hydrogen-bond donors (Lipinski definition) is 2. The molecule has 0 aliphatic rings. The Hall–Kier alpha value is -3.32. The standard InChI is InChI=1S/C26H31ClN4O3/c1-15(2)21-9-7-16(3)11-24(21)34-14-25(32)28-20-8-10-23(22(27)13-20)29-26(33)19(6)31-18(5)12-17(4)30-31/h7-13,15,19H,14H2,1-6H3,(H,28,32)(H,29,33)/t19-/m0/s1. The van der Waals surface area contributed by atoms with E-state index in [0.29, 0.717) is 22.1 Å². The Labute approximate surface area is 205 Å². The van der Waals surface area contributed by atoms with Crippen LogP contribution in [0.5, 0.6) is 5.75 Å². The van der Waals surface area contributed by atoms with Gasteiger partial charge in [-0.15, -0.1) is 0 Å². The average molecular weight is 483 g/mol. The minimum absolute atomic E-state index is 0.126. The smallest absolute Gasteiger partial charge is 0.262 e. The number of halogens is 1. The van der Waals surface area contributed by atoms with E-state index in [0.717, 1.165) is 22.5 Å². The van der Waals surface area contributed by atoms with Crippen molar-refractivity contribution in [2.24, 2.45) is 0 Å². The fourth-order valence-corrected chi connectivity index (χ4v) is 3.89. The molecule has 3 rings (SSSR count). The van der Waals surface area contributed by atoms with E-state index >= 15 is 0 Å². The maximum Gasteiger partial charge on any atom is 0.262 e. The molecule has 1 atom stereocenters. The number of nitrogens with one attached hydrogen (secondary N) is 2. The number of anilines is 2. The minimum atomic E-state index is -0.501. The van der Waals surface area contributed by atoms with Crippen LogP contribution in [0, 0.1) is 20.8 Å². The van der Waals surface area contributed by atoms with E-state index < -0.39 is 6.04 Å². The first-order valence-electron chi connectivity index (χ1n) is 11.2. The van der Waals surface area contributed by atoms with Crippen LogP contribution >= 0.6 is 11.6 Å². The number of aromatic nitrogens is 2. The zero-order valence-electron chi connectivity index (χ0n) is 20.4. The predicted octanol–water partition coefficient (Wildman–Crippen LogP) is 5.80. The molecule has 0 fully saturated rings. The summed E-state index contributed by atoms with van der Waals surface area (Å²) in [7, 11) is 0. The SMILES string of the molecule is Cc1ccc(C(C)C)c(OCC(=O)Nc2ccc(NC(=O)[C@H](C)n3nc(C)cc3C)c(Cl)c2)c1. The monoisotopic (exact) mass is 482 g/mol. The summed E-state index contributed by atoms with van der Waals surface area (Å²) in [5.41, 5.74) is 4.83. The Balaban J connectivity index is 1.61. The Morgan fingerprint density at radius 2 is 1.76 bits per heavy atom. The normalized spacial score (nSPS) is 11.9. The van der Waals surface area contributed by atoms with Crippen molar-refractivity contribution in [2.75, 3.05) is 17.2 Å². The van der Waals surface area contributed by atoms with Crippen molar-refractivity contribution in [3.05, 3.63) is 70.0 Å². The van der Waals surface area contributed by atoms with Gasteiger partial charge in [-0.05, 0) is 75.1 Å². The molecule has 2 aromatic carbocycles. The fraction of sp³-hybridized carbons (Fsp3) is 0.346. The molecule has 0 aliphatic heterocycles. The number of amides is 2. The first-order chi connectivity index (χ1) is 16.0. The maximum absolute atomic E-state index is 12.7. The summed E-state index contributed by atoms with van der Waals surface area (Å²) >= 11 is 6.37. The van der Waals surface area contributed by atoms with Gasteiger partial charge in [-0.25, -0.2) is 0 Å². The van der Waals surface area contributed by atoms with Gasteiger partial charge in [-0.3, -0.25) is 14.3 Å². The second-order valence-electron chi connectivity index (χ2n) is 8.76. The van der Waals surface area contributed by atoms with Crippen LogP contribution in [-0.4, -0.2) is 28.2 Å². The van der Waals surface area contributed by atoms with E-state index in [1.54, 1.807) is 29.8 Å². The molecule has 1 heterocycles. The lowest BCUT2D eigenvalue weighted by molar-refractivity contribution is -0.119. The lowest BCUT2D eigenvalue weighted by atomic mass is 10.0. The molecule has 0 unspecified atom stereocenters. The molecule has 8 heteroatoms. The van der Waals surface area contributed by atoms with Crippen molar-refractivity contribution in [2.45, 2.75) is 53.5 Å². The van der Waals surface area contributed by atoms with Crippen molar-refractivity contribution in [1.29, 1.82) is 0 Å². The highest BCUT2D eigenvalue weighted by Gasteiger charge is 2.19. The summed E-state index contributed by atoms with van der Waals surface area (Å²) in [4.78, 5) is 25.1. The van der Waals surface area contributed by atoms with E-state index in [1.807, 2.05) is 45.0 Å². The number of carbonyl (C=O) groups excluding carboxylic acids is 2. The van der Waals surface area contributed by atoms with E-state index in [-0.39, 0.29) is 24.3 Å². The van der Waals surface area contributed by atoms with Gasteiger partial charge in [0.15, 0.2) is 6.61 Å². The lowest BCUT2D eigenvalue weighted by Gasteiger charge is -2.16. The summed E-state index contributed by atoms with van der Waals surface area (Å²) in [6.07, 6.45) is 0. The van der Waals surface area contributed by atoms with Crippen molar-refractivity contribution in [1.82, 2.24) is 9.78 Å². The molecule has 0 saturated carbocycles. The summed E-state index contributed by atoms with van der Waals surface area (Å²) in [6.45, 7) is 11.6. The van der Waals surface area contributed by atoms with Gasteiger partial charge < -0.3 is 15.4 Å². The maximum atomic E-state index is 12.7. The topological polar surface area (TPSA) is 85.3 Å². The predicted molar refractivity (Wildman–Crippen MR) is 136 cm³/mol. The van der Waals surface area contributed by atoms with Crippen molar-refractivity contribution in [3.63, 3.8) is 0 Å². The molecule has 1 aromatic heterocycles. The number of rotatable bonds is 8. The van der Waals surface area contributed by atoms with Crippen LogP contribution < -0.4 is 15.4 Å². The van der Waals surface area contributed by atoms with Gasteiger partial charge in [0.25, 0.3) is 5.91 Å². The zero-order valence-corrected chi connectivity index (χ0v) is 21.2. The first kappa shape index (κ1) is 25.3. The van der Waals surface area contributed by atoms with E-state index in [1.165, 1.54) is 0 Å². The van der Waals surface area contributed by atoms with Gasteiger partial charge in [0.05, 0.1) is 16.4 Å². The van der Waals surface area contributed by atoms with Crippen molar-refractivity contribution in [3.8, 4) is 5.75 Å². The molecule has 0 radical (unpaired) electrons. The first-order valence-corrected chi connectivity index (χ1v) is 11.6. The van der Waals surface area contributed by atoms with Crippen LogP contribution in [0.15, 0.2) is 42.5 Å². The van der Waals surface area contributed by atoms with E-state index in [2.05, 4.69) is 29.6 Å². The third-order valence-electron chi connectivity index (χ3n) is 5.45. The highest BCUT2D eigenvalue weighted by atomic mass is 35.5. The molecule has 0 bridgehead atoms. The number of nitrogens with zero attached hydrogens (tertiary/aromatic N) is 2. The lowest BCUT2D eigenvalue weighted by Crippen LogP contribution is -2.25. The van der Waals surface area contributed by atoms with Crippen molar-refractivity contribution >= 4 is 34.8 Å². The van der Waals surface area contributed by atoms with Gasteiger partial charge in [0, 0.05) is 11.4 Å². The third kappa shape index (κ3) is 6.17. The van der Waals surface area contributed by atoms with Gasteiger partial charge in [-0.2, -0.15) is 5.10 Å². The molecule has 34 heavy (non-hydrogen) atoms. The van der Waals surface area contributed by atoms with Crippen LogP contribution in [0.1, 0.15) is 55.2 Å². The highest BCUT2D eigenvalue weighted by Crippen LogP contribution is 2.28. The van der Waals surface area contributed by atoms with Crippen LogP contribution in [0.2, 0.25) is 5.02 Å². The minimum Gasteiger partial charge on any atom is -0.483 e. The van der Waals surface area contributed by atoms with Crippen LogP contribution in [0.4, 0.5) is 11.4 Å². The quantitative estimate of drug-likeness (QED) is 0.424. The number of benzene rings is 2. The van der Waals surface area contributed by atoms with Crippen LogP contribution in [0.3, 0.4) is 0 Å². The second-order valence-corrected chi connectivity index (χ2v) is 9.17. The molecule has 2 amide bonds. The summed E-state index contributed by atoms with van der Waals surface area (Å²) in [5, 5.41) is 10.3. The number of aryl methyl sites for hydroxylation is 3. The summed E-state index contributed by atoms with van der Waals surface area (Å²) in [6, 6.07) is 12.3. The molecule has 180 valence electrons.